The average Bonchev–Trinajstić information content (AvgIpc) is 3.06. The smallest absolute Gasteiger partial charge is 0.227 e. The van der Waals surface area contributed by atoms with Crippen LogP contribution >= 0.6 is 0 Å². The second kappa shape index (κ2) is 6.48. The molecule has 0 spiro atoms. The van der Waals surface area contributed by atoms with E-state index in [-0.39, 0.29) is 0 Å². The first kappa shape index (κ1) is 14.9. The Bertz CT molecular complexity index is 566. The molecule has 0 aromatic carbocycles. The van der Waals surface area contributed by atoms with Gasteiger partial charge < -0.3 is 14.5 Å². The molecule has 124 valence electrons. The van der Waals surface area contributed by atoms with Crippen LogP contribution < -0.4 is 9.80 Å². The van der Waals surface area contributed by atoms with Crippen LogP contribution in [0.15, 0.2) is 18.2 Å². The summed E-state index contributed by atoms with van der Waals surface area (Å²) in [6.07, 6.45) is 8.10. The van der Waals surface area contributed by atoms with Crippen LogP contribution in [0.1, 0.15) is 25.5 Å². The molecule has 0 amide bonds. The lowest BCUT2D eigenvalue weighted by Crippen LogP contribution is -2.37. The molecule has 3 heterocycles. The summed E-state index contributed by atoms with van der Waals surface area (Å²) in [6.45, 7) is 7.77. The normalized spacial score (nSPS) is 27.3. The third kappa shape index (κ3) is 3.07. The van der Waals surface area contributed by atoms with E-state index in [9.17, 15) is 0 Å². The predicted molar refractivity (Wildman–Crippen MR) is 92.0 cm³/mol. The molecule has 1 aliphatic carbocycles. The minimum atomic E-state index is 0.772. The lowest BCUT2D eigenvalue weighted by Gasteiger charge is -2.28. The van der Waals surface area contributed by atoms with Crippen LogP contribution in [0.2, 0.25) is 0 Å². The molecular weight excluding hydrogens is 288 g/mol. The number of aromatic nitrogens is 2. The zero-order valence-corrected chi connectivity index (χ0v) is 13.9. The molecule has 1 aromatic rings. The van der Waals surface area contributed by atoms with Crippen molar-refractivity contribution in [3.63, 3.8) is 0 Å². The molecule has 5 nitrogen and oxygen atoms in total. The van der Waals surface area contributed by atoms with E-state index in [1.165, 1.54) is 12.8 Å². The number of fused-ring (bicyclic) bond motifs is 1. The highest BCUT2D eigenvalue weighted by atomic mass is 16.5. The van der Waals surface area contributed by atoms with E-state index < -0.39 is 0 Å². The Balaban J connectivity index is 1.58. The van der Waals surface area contributed by atoms with Crippen LogP contribution in [0.4, 0.5) is 11.8 Å². The van der Waals surface area contributed by atoms with Crippen molar-refractivity contribution >= 4 is 11.8 Å². The third-order valence-corrected chi connectivity index (χ3v) is 5.35. The molecule has 5 heteroatoms. The van der Waals surface area contributed by atoms with E-state index in [1.807, 2.05) is 0 Å². The van der Waals surface area contributed by atoms with Crippen LogP contribution in [0, 0.1) is 11.8 Å². The highest BCUT2D eigenvalue weighted by Crippen LogP contribution is 2.35. The molecule has 2 saturated heterocycles. The molecule has 0 radical (unpaired) electrons. The van der Waals surface area contributed by atoms with Gasteiger partial charge >= 0.3 is 0 Å². The first-order valence-corrected chi connectivity index (χ1v) is 8.94. The van der Waals surface area contributed by atoms with Crippen LogP contribution in [-0.4, -0.2) is 49.4 Å². The van der Waals surface area contributed by atoms with Crippen molar-refractivity contribution in [3.05, 3.63) is 23.9 Å². The molecule has 0 N–H and O–H groups in total. The maximum atomic E-state index is 5.46. The molecule has 0 saturated carbocycles. The molecule has 3 aliphatic rings. The van der Waals surface area contributed by atoms with Crippen molar-refractivity contribution in [1.82, 2.24) is 9.97 Å². The van der Waals surface area contributed by atoms with Gasteiger partial charge in [0.2, 0.25) is 5.95 Å². The van der Waals surface area contributed by atoms with Crippen LogP contribution in [-0.2, 0) is 11.2 Å². The molecule has 23 heavy (non-hydrogen) atoms. The second-order valence-corrected chi connectivity index (χ2v) is 6.84. The number of ether oxygens (including phenoxy) is 1. The van der Waals surface area contributed by atoms with E-state index in [4.69, 9.17) is 14.7 Å². The van der Waals surface area contributed by atoms with E-state index in [1.54, 1.807) is 0 Å². The zero-order chi connectivity index (χ0) is 15.6. The fourth-order valence-corrected chi connectivity index (χ4v) is 3.92. The summed E-state index contributed by atoms with van der Waals surface area (Å²) < 4.78 is 5.46. The summed E-state index contributed by atoms with van der Waals surface area (Å²) in [7, 11) is 0. The summed E-state index contributed by atoms with van der Waals surface area (Å²) in [5, 5.41) is 0. The van der Waals surface area contributed by atoms with E-state index in [2.05, 4.69) is 34.9 Å². The largest absolute Gasteiger partial charge is 0.378 e. The molecule has 2 fully saturated rings. The number of morpholine rings is 1. The van der Waals surface area contributed by atoms with Gasteiger partial charge in [0.05, 0.1) is 13.2 Å². The summed E-state index contributed by atoms with van der Waals surface area (Å²) >= 11 is 0. The highest BCUT2D eigenvalue weighted by molar-refractivity contribution is 5.47. The summed E-state index contributed by atoms with van der Waals surface area (Å²) in [5.41, 5.74) is 1.14. The van der Waals surface area contributed by atoms with Crippen LogP contribution in [0.5, 0.6) is 0 Å². The maximum absolute atomic E-state index is 5.46. The SMILES string of the molecule is CCc1cc(N2C[C@H]3CC=CC[C@H]3C2)nc(N2CCOCC2)n1. The van der Waals surface area contributed by atoms with Gasteiger partial charge in [-0.05, 0) is 31.1 Å². The Labute approximate surface area is 138 Å². The van der Waals surface area contributed by atoms with E-state index in [0.717, 1.165) is 75.1 Å². The molecule has 0 bridgehead atoms. The Morgan fingerprint density at radius 2 is 1.74 bits per heavy atom. The van der Waals surface area contributed by atoms with Crippen molar-refractivity contribution < 1.29 is 4.74 Å². The first-order valence-electron chi connectivity index (χ1n) is 8.94. The number of allylic oxidation sites excluding steroid dienone is 2. The average molecular weight is 314 g/mol. The maximum Gasteiger partial charge on any atom is 0.227 e. The van der Waals surface area contributed by atoms with Gasteiger partial charge in [-0.15, -0.1) is 0 Å². The van der Waals surface area contributed by atoms with Gasteiger partial charge in [0.15, 0.2) is 0 Å². The minimum Gasteiger partial charge on any atom is -0.378 e. The zero-order valence-electron chi connectivity index (χ0n) is 13.9. The van der Waals surface area contributed by atoms with E-state index in [0.29, 0.717) is 0 Å². The fraction of sp³-hybridized carbons (Fsp3) is 0.667. The third-order valence-electron chi connectivity index (χ3n) is 5.35. The van der Waals surface area contributed by atoms with Gasteiger partial charge in [-0.1, -0.05) is 19.1 Å². The predicted octanol–water partition coefficient (Wildman–Crippen LogP) is 2.28. The first-order chi connectivity index (χ1) is 11.3. The molecule has 1 aromatic heterocycles. The van der Waals surface area contributed by atoms with Gasteiger partial charge in [-0.25, -0.2) is 4.98 Å². The summed E-state index contributed by atoms with van der Waals surface area (Å²) in [6, 6.07) is 2.19. The van der Waals surface area contributed by atoms with Crippen molar-refractivity contribution in [1.29, 1.82) is 0 Å². The number of hydrogen-bond donors (Lipinski definition) is 0. The number of anilines is 2. The Hall–Kier alpha value is -1.62. The monoisotopic (exact) mass is 314 g/mol. The van der Waals surface area contributed by atoms with Gasteiger partial charge in [0.25, 0.3) is 0 Å². The minimum absolute atomic E-state index is 0.772. The summed E-state index contributed by atoms with van der Waals surface area (Å²) in [5.74, 6) is 3.60. The van der Waals surface area contributed by atoms with Gasteiger partial charge in [0, 0.05) is 37.9 Å². The van der Waals surface area contributed by atoms with Crippen molar-refractivity contribution in [2.45, 2.75) is 26.2 Å². The molecule has 2 atom stereocenters. The van der Waals surface area contributed by atoms with Gasteiger partial charge in [-0.2, -0.15) is 4.98 Å². The van der Waals surface area contributed by atoms with Gasteiger partial charge in [-0.3, -0.25) is 0 Å². The lowest BCUT2D eigenvalue weighted by molar-refractivity contribution is 0.122. The topological polar surface area (TPSA) is 41.5 Å². The van der Waals surface area contributed by atoms with Crippen LogP contribution in [0.3, 0.4) is 0 Å². The molecule has 0 unspecified atom stereocenters. The number of aryl methyl sites for hydroxylation is 1. The van der Waals surface area contributed by atoms with Crippen molar-refractivity contribution in [2.75, 3.05) is 49.2 Å². The molecular formula is C18H26N4O. The standard InChI is InChI=1S/C18H26N4O/c1-2-16-11-17(20-18(19-16)21-7-9-23-10-8-21)22-12-14-5-3-4-6-15(14)13-22/h3-4,11,14-15H,2,5-10,12-13H2,1H3/t14-,15+. The second-order valence-electron chi connectivity index (χ2n) is 6.84. The fourth-order valence-electron chi connectivity index (χ4n) is 3.92. The Morgan fingerprint density at radius 3 is 2.39 bits per heavy atom. The van der Waals surface area contributed by atoms with Crippen molar-refractivity contribution in [3.8, 4) is 0 Å². The molecule has 4 rings (SSSR count). The number of rotatable bonds is 3. The van der Waals surface area contributed by atoms with Gasteiger partial charge in [0.1, 0.15) is 5.82 Å². The Kier molecular flexibility index (Phi) is 4.21. The number of nitrogens with zero attached hydrogens (tertiary/aromatic N) is 4. The number of hydrogen-bond acceptors (Lipinski definition) is 5. The molecule has 2 aliphatic heterocycles. The van der Waals surface area contributed by atoms with Crippen molar-refractivity contribution in [2.24, 2.45) is 11.8 Å². The quantitative estimate of drug-likeness (QED) is 0.801. The summed E-state index contributed by atoms with van der Waals surface area (Å²) in [4.78, 5) is 14.4. The van der Waals surface area contributed by atoms with E-state index >= 15 is 0 Å². The van der Waals surface area contributed by atoms with Crippen LogP contribution in [0.25, 0.3) is 0 Å². The Morgan fingerprint density at radius 1 is 1.04 bits per heavy atom. The lowest BCUT2D eigenvalue weighted by atomic mass is 9.86. The highest BCUT2D eigenvalue weighted by Gasteiger charge is 2.33.